The molecule has 2 aliphatic heterocycles. The van der Waals surface area contributed by atoms with Gasteiger partial charge in [-0.1, -0.05) is 25.4 Å². The molecule has 0 spiro atoms. The number of pyridine rings is 1. The number of hydrogen-bond acceptors (Lipinski definition) is 5. The van der Waals surface area contributed by atoms with Crippen LogP contribution in [0.25, 0.3) is 11.3 Å². The number of carboxylic acid groups (broad SMARTS) is 1. The van der Waals surface area contributed by atoms with E-state index >= 15 is 0 Å². The van der Waals surface area contributed by atoms with Crippen molar-refractivity contribution in [1.82, 2.24) is 4.57 Å². The minimum atomic E-state index is -1.24. The summed E-state index contributed by atoms with van der Waals surface area (Å²) in [6, 6.07) is 4.92. The second kappa shape index (κ2) is 9.65. The number of aromatic carboxylic acids is 1. The third-order valence-corrected chi connectivity index (χ3v) is 6.16. The molecule has 0 saturated carbocycles. The molecular weight excluding hydrogens is 434 g/mol. The number of rotatable bonds is 6. The van der Waals surface area contributed by atoms with Crippen LogP contribution in [0.1, 0.15) is 62.0 Å². The van der Waals surface area contributed by atoms with Gasteiger partial charge in [0.05, 0.1) is 35.6 Å². The summed E-state index contributed by atoms with van der Waals surface area (Å²) >= 11 is 6.49. The van der Waals surface area contributed by atoms with Crippen LogP contribution in [0.15, 0.2) is 29.2 Å². The molecule has 0 unspecified atom stereocenters. The SMILES string of the molecule is CC.COCCCOc1cc2c(cc1Cl)-c1cc(=O)c(C(=O)O)cn1[C@H]1[C@@H]2COC1(C)C. The normalized spacial score (nSPS) is 19.8. The lowest BCUT2D eigenvalue weighted by molar-refractivity contribution is 0.0145. The standard InChI is InChI=1S/C22H24ClNO6.C2H6/c1-22(2)20-15(11-30-22)12-8-19(29-6-4-5-28-3)16(23)7-13(12)17-9-18(25)14(21(26)27)10-24(17)20;1-2/h7-10,15,20H,4-6,11H2,1-3H3,(H,26,27);1-2H3/t15-,20+;/m1./s1. The summed E-state index contributed by atoms with van der Waals surface area (Å²) in [4.78, 5) is 24.0. The lowest BCUT2D eigenvalue weighted by atomic mass is 9.79. The van der Waals surface area contributed by atoms with Crippen LogP contribution in [0.2, 0.25) is 5.02 Å². The molecule has 0 aliphatic carbocycles. The quantitative estimate of drug-likeness (QED) is 0.622. The zero-order chi connectivity index (χ0) is 23.6. The van der Waals surface area contributed by atoms with E-state index in [1.165, 1.54) is 12.3 Å². The van der Waals surface area contributed by atoms with Crippen LogP contribution >= 0.6 is 11.6 Å². The molecule has 1 saturated heterocycles. The highest BCUT2D eigenvalue weighted by molar-refractivity contribution is 6.32. The number of carboxylic acids is 1. The summed E-state index contributed by atoms with van der Waals surface area (Å²) in [6.45, 7) is 9.49. The van der Waals surface area contributed by atoms with Gasteiger partial charge in [-0.05, 0) is 31.5 Å². The summed E-state index contributed by atoms with van der Waals surface area (Å²) in [7, 11) is 1.64. The first-order chi connectivity index (χ1) is 15.2. The van der Waals surface area contributed by atoms with Gasteiger partial charge >= 0.3 is 5.97 Å². The van der Waals surface area contributed by atoms with Gasteiger partial charge in [0.2, 0.25) is 0 Å². The number of halogens is 1. The Hall–Kier alpha value is -2.35. The van der Waals surface area contributed by atoms with E-state index in [4.69, 9.17) is 25.8 Å². The number of nitrogens with zero attached hydrogens (tertiary/aromatic N) is 1. The van der Waals surface area contributed by atoms with Crippen LogP contribution in [0, 0.1) is 0 Å². The van der Waals surface area contributed by atoms with E-state index in [2.05, 4.69) is 0 Å². The van der Waals surface area contributed by atoms with E-state index in [9.17, 15) is 14.7 Å². The molecule has 1 fully saturated rings. The molecule has 1 aromatic carbocycles. The summed E-state index contributed by atoms with van der Waals surface area (Å²) < 4.78 is 18.9. The lowest BCUT2D eigenvalue weighted by Crippen LogP contribution is -2.36. The third kappa shape index (κ3) is 4.29. The van der Waals surface area contributed by atoms with E-state index < -0.39 is 17.0 Å². The Labute approximate surface area is 192 Å². The second-order valence-corrected chi connectivity index (χ2v) is 8.59. The maximum absolute atomic E-state index is 12.5. The number of methoxy groups -OCH3 is 1. The molecule has 1 N–H and O–H groups in total. The van der Waals surface area contributed by atoms with Gasteiger partial charge in [-0.25, -0.2) is 4.79 Å². The Bertz CT molecular complexity index is 1060. The fourth-order valence-electron chi connectivity index (χ4n) is 4.50. The van der Waals surface area contributed by atoms with Crippen molar-refractivity contribution in [1.29, 1.82) is 0 Å². The van der Waals surface area contributed by atoms with Crippen molar-refractivity contribution < 1.29 is 24.1 Å². The smallest absolute Gasteiger partial charge is 0.341 e. The van der Waals surface area contributed by atoms with E-state index in [0.717, 1.165) is 17.5 Å². The number of fused-ring (bicyclic) bond motifs is 6. The zero-order valence-electron chi connectivity index (χ0n) is 19.1. The maximum atomic E-state index is 12.5. The van der Waals surface area contributed by atoms with Crippen LogP contribution in [-0.4, -0.2) is 48.2 Å². The molecule has 174 valence electrons. The highest BCUT2D eigenvalue weighted by Gasteiger charge is 2.49. The van der Waals surface area contributed by atoms with Crippen molar-refractivity contribution in [3.8, 4) is 17.0 Å². The predicted molar refractivity (Wildman–Crippen MR) is 123 cm³/mol. The lowest BCUT2D eigenvalue weighted by Gasteiger charge is -2.38. The second-order valence-electron chi connectivity index (χ2n) is 8.18. The van der Waals surface area contributed by atoms with Gasteiger partial charge in [0.25, 0.3) is 0 Å². The molecular formula is C24H30ClNO6. The molecule has 32 heavy (non-hydrogen) atoms. The first kappa shape index (κ1) is 24.3. The van der Waals surface area contributed by atoms with Gasteiger partial charge in [0.1, 0.15) is 11.3 Å². The largest absolute Gasteiger partial charge is 0.492 e. The molecule has 7 nitrogen and oxygen atoms in total. The fraction of sp³-hybridized carbons (Fsp3) is 0.500. The Morgan fingerprint density at radius 1 is 1.28 bits per heavy atom. The average Bonchev–Trinajstić information content (AvgIpc) is 3.08. The van der Waals surface area contributed by atoms with Gasteiger partial charge in [-0.15, -0.1) is 0 Å². The highest BCUT2D eigenvalue weighted by Crippen LogP contribution is 2.53. The number of ether oxygens (including phenoxy) is 3. The molecule has 0 bridgehead atoms. The summed E-state index contributed by atoms with van der Waals surface area (Å²) in [5, 5.41) is 9.88. The number of carbonyl (C=O) groups is 1. The maximum Gasteiger partial charge on any atom is 0.341 e. The summed E-state index contributed by atoms with van der Waals surface area (Å²) in [5.41, 5.74) is 1.08. The third-order valence-electron chi connectivity index (χ3n) is 5.87. The van der Waals surface area contributed by atoms with Crippen LogP contribution < -0.4 is 10.2 Å². The van der Waals surface area contributed by atoms with Gasteiger partial charge in [0, 0.05) is 43.9 Å². The van der Waals surface area contributed by atoms with Crippen molar-refractivity contribution in [3.63, 3.8) is 0 Å². The van der Waals surface area contributed by atoms with E-state index in [1.807, 2.05) is 38.3 Å². The van der Waals surface area contributed by atoms with Crippen molar-refractivity contribution in [3.05, 3.63) is 50.8 Å². The van der Waals surface area contributed by atoms with Gasteiger partial charge in [-0.3, -0.25) is 4.79 Å². The first-order valence-electron chi connectivity index (χ1n) is 10.8. The summed E-state index contributed by atoms with van der Waals surface area (Å²) in [5.74, 6) is -0.689. The Morgan fingerprint density at radius 3 is 2.66 bits per heavy atom. The van der Waals surface area contributed by atoms with E-state index in [0.29, 0.717) is 36.3 Å². The fourth-order valence-corrected chi connectivity index (χ4v) is 4.72. The van der Waals surface area contributed by atoms with E-state index in [1.54, 1.807) is 13.2 Å². The van der Waals surface area contributed by atoms with Gasteiger partial charge < -0.3 is 23.9 Å². The van der Waals surface area contributed by atoms with Crippen LogP contribution in [-0.2, 0) is 9.47 Å². The molecule has 3 heterocycles. The Kier molecular flexibility index (Phi) is 7.32. The predicted octanol–water partition coefficient (Wildman–Crippen LogP) is 4.76. The van der Waals surface area contributed by atoms with Gasteiger partial charge in [-0.2, -0.15) is 0 Å². The molecule has 0 radical (unpaired) electrons. The molecule has 8 heteroatoms. The average molecular weight is 464 g/mol. The van der Waals surface area contributed by atoms with Crippen molar-refractivity contribution in [2.24, 2.45) is 0 Å². The summed E-state index contributed by atoms with van der Waals surface area (Å²) in [6.07, 6.45) is 2.17. The van der Waals surface area contributed by atoms with E-state index in [-0.39, 0.29) is 17.5 Å². The van der Waals surface area contributed by atoms with Gasteiger partial charge in [0.15, 0.2) is 5.43 Å². The van der Waals surface area contributed by atoms with Crippen LogP contribution in [0.5, 0.6) is 5.75 Å². The Balaban J connectivity index is 0.00000141. The number of benzene rings is 1. The highest BCUT2D eigenvalue weighted by atomic mass is 35.5. The molecule has 2 atom stereocenters. The van der Waals surface area contributed by atoms with Crippen molar-refractivity contribution in [2.45, 2.75) is 51.7 Å². The zero-order valence-corrected chi connectivity index (χ0v) is 19.9. The Morgan fingerprint density at radius 2 is 2.00 bits per heavy atom. The molecule has 0 amide bonds. The van der Waals surface area contributed by atoms with Crippen LogP contribution in [0.4, 0.5) is 0 Å². The minimum absolute atomic E-state index is 0.0229. The number of aromatic nitrogens is 1. The number of hydrogen-bond donors (Lipinski definition) is 1. The topological polar surface area (TPSA) is 87.0 Å². The molecule has 2 aliphatic rings. The van der Waals surface area contributed by atoms with Crippen LogP contribution in [0.3, 0.4) is 0 Å². The minimum Gasteiger partial charge on any atom is -0.492 e. The van der Waals surface area contributed by atoms with Crippen molar-refractivity contribution >= 4 is 17.6 Å². The molecule has 4 rings (SSSR count). The van der Waals surface area contributed by atoms with Crippen molar-refractivity contribution in [2.75, 3.05) is 26.9 Å². The monoisotopic (exact) mass is 463 g/mol. The molecule has 1 aromatic heterocycles. The molecule has 2 aromatic rings. The first-order valence-corrected chi connectivity index (χ1v) is 11.2.